The van der Waals surface area contributed by atoms with Gasteiger partial charge in [0, 0.05) is 31.4 Å². The van der Waals surface area contributed by atoms with E-state index in [4.69, 9.17) is 4.84 Å². The number of hydrogen-bond donors (Lipinski definition) is 0. The molecule has 24 heavy (non-hydrogen) atoms. The van der Waals surface area contributed by atoms with E-state index in [2.05, 4.69) is 41.7 Å². The lowest BCUT2D eigenvalue weighted by Crippen LogP contribution is -2.32. The number of hydroxylamine groups is 2. The molecule has 0 aliphatic carbocycles. The molecule has 0 unspecified atom stereocenters. The van der Waals surface area contributed by atoms with E-state index in [-0.39, 0.29) is 11.9 Å². The molecule has 128 valence electrons. The van der Waals surface area contributed by atoms with E-state index in [1.807, 2.05) is 13.0 Å². The van der Waals surface area contributed by atoms with Gasteiger partial charge in [-0.25, -0.2) is 9.36 Å². The number of carbonyl (C=O) groups excluding carboxylic acids is 2. The molecule has 1 aliphatic heterocycles. The maximum atomic E-state index is 11.8. The fourth-order valence-corrected chi connectivity index (χ4v) is 2.56. The van der Waals surface area contributed by atoms with Gasteiger partial charge in [-0.3, -0.25) is 4.79 Å². The average molecular weight is 329 g/mol. The highest BCUT2D eigenvalue weighted by Crippen LogP contribution is 2.21. The van der Waals surface area contributed by atoms with E-state index < -0.39 is 0 Å². The van der Waals surface area contributed by atoms with Gasteiger partial charge in [0.2, 0.25) is 0 Å². The van der Waals surface area contributed by atoms with Crippen molar-refractivity contribution in [3.05, 3.63) is 48.4 Å². The van der Waals surface area contributed by atoms with Crippen LogP contribution in [0.15, 0.2) is 42.9 Å². The van der Waals surface area contributed by atoms with Gasteiger partial charge in [0.05, 0.1) is 5.70 Å². The Morgan fingerprint density at radius 1 is 1.29 bits per heavy atom. The van der Waals surface area contributed by atoms with Gasteiger partial charge >= 0.3 is 5.97 Å². The molecular weight excluding hydrogens is 304 g/mol. The lowest BCUT2D eigenvalue weighted by Gasteiger charge is -2.15. The van der Waals surface area contributed by atoms with Gasteiger partial charge in [-0.15, -0.1) is 5.06 Å². The summed E-state index contributed by atoms with van der Waals surface area (Å²) in [5.74, 6) is -0.555. The topological polar surface area (TPSA) is 50.5 Å². The number of rotatable bonds is 8. The van der Waals surface area contributed by atoms with Crippen LogP contribution in [0.4, 0.5) is 0 Å². The predicted octanol–water partition coefficient (Wildman–Crippen LogP) is 3.16. The van der Waals surface area contributed by atoms with Crippen molar-refractivity contribution in [2.24, 2.45) is 0 Å². The molecule has 1 aromatic rings. The van der Waals surface area contributed by atoms with Gasteiger partial charge in [0.1, 0.15) is 6.54 Å². The maximum Gasteiger partial charge on any atom is 0.333 e. The van der Waals surface area contributed by atoms with Crippen LogP contribution in [0.2, 0.25) is 0 Å². The number of amides is 1. The van der Waals surface area contributed by atoms with Crippen LogP contribution in [0.3, 0.4) is 0 Å². The molecule has 1 amide bonds. The second-order valence-corrected chi connectivity index (χ2v) is 5.90. The first-order valence-corrected chi connectivity index (χ1v) is 8.43. The minimum absolute atomic E-state index is 0.189. The Labute approximate surface area is 143 Å². The number of aryl methyl sites for hydroxylation is 1. The number of carbonyl (C=O) groups is 2. The molecule has 0 spiro atoms. The van der Waals surface area contributed by atoms with Gasteiger partial charge in [-0.05, 0) is 31.7 Å². The van der Waals surface area contributed by atoms with Crippen LogP contribution in [0.1, 0.15) is 51.0 Å². The van der Waals surface area contributed by atoms with Gasteiger partial charge in [-0.1, -0.05) is 18.7 Å². The summed E-state index contributed by atoms with van der Waals surface area (Å²) in [5.41, 5.74) is 1.75. The normalized spacial score (nSPS) is 14.6. The molecule has 2 rings (SSSR count). The molecule has 1 fully saturated rings. The van der Waals surface area contributed by atoms with Gasteiger partial charge < -0.3 is 4.84 Å². The van der Waals surface area contributed by atoms with E-state index in [9.17, 15) is 9.59 Å². The Balaban J connectivity index is 1.61. The minimum Gasteiger partial charge on any atom is -0.334 e. The third kappa shape index (κ3) is 5.33. The van der Waals surface area contributed by atoms with Crippen molar-refractivity contribution in [3.8, 4) is 0 Å². The van der Waals surface area contributed by atoms with Crippen molar-refractivity contribution < 1.29 is 19.0 Å². The number of nitrogens with zero attached hydrogens (tertiary/aromatic N) is 2. The Hall–Kier alpha value is -2.43. The zero-order chi connectivity index (χ0) is 17.4. The number of unbranched alkanes of at least 4 members (excludes halogenated alkanes) is 2. The molecule has 0 atom stereocenters. The van der Waals surface area contributed by atoms with Crippen molar-refractivity contribution in [2.45, 2.75) is 52.0 Å². The van der Waals surface area contributed by atoms with Crippen LogP contribution in [0, 0.1) is 0 Å². The molecule has 1 aliphatic rings. The number of pyridine rings is 1. The first kappa shape index (κ1) is 17.9. The van der Waals surface area contributed by atoms with Crippen molar-refractivity contribution in [1.29, 1.82) is 0 Å². The van der Waals surface area contributed by atoms with Crippen LogP contribution in [0.25, 0.3) is 6.08 Å². The third-order valence-corrected chi connectivity index (χ3v) is 3.91. The van der Waals surface area contributed by atoms with E-state index in [0.717, 1.165) is 30.9 Å². The van der Waals surface area contributed by atoms with Crippen LogP contribution < -0.4 is 4.57 Å². The van der Waals surface area contributed by atoms with Crippen LogP contribution in [0.5, 0.6) is 0 Å². The SMILES string of the molecule is C=C1CCC(=O)N1OC(=O)CCCCC[n+]1ccc(/C=C/C)cc1. The second kappa shape index (κ2) is 9.01. The Bertz CT molecular complexity index is 604. The van der Waals surface area contributed by atoms with E-state index >= 15 is 0 Å². The van der Waals surface area contributed by atoms with Gasteiger partial charge in [-0.2, -0.15) is 0 Å². The van der Waals surface area contributed by atoms with Crippen LogP contribution >= 0.6 is 0 Å². The molecule has 0 bridgehead atoms. The fourth-order valence-electron chi connectivity index (χ4n) is 2.56. The minimum atomic E-state index is -0.366. The number of aromatic nitrogens is 1. The molecule has 1 aromatic heterocycles. The predicted molar refractivity (Wildman–Crippen MR) is 91.1 cm³/mol. The van der Waals surface area contributed by atoms with E-state index in [1.54, 1.807) is 0 Å². The molecule has 0 radical (unpaired) electrons. The largest absolute Gasteiger partial charge is 0.334 e. The second-order valence-electron chi connectivity index (χ2n) is 5.90. The lowest BCUT2D eigenvalue weighted by molar-refractivity contribution is -0.697. The van der Waals surface area contributed by atoms with Gasteiger partial charge in [0.25, 0.3) is 5.91 Å². The lowest BCUT2D eigenvalue weighted by atomic mass is 10.2. The number of hydrogen-bond acceptors (Lipinski definition) is 3. The van der Waals surface area contributed by atoms with Crippen molar-refractivity contribution in [1.82, 2.24) is 5.06 Å². The monoisotopic (exact) mass is 329 g/mol. The molecule has 0 aromatic carbocycles. The Kier molecular flexibility index (Phi) is 6.73. The first-order chi connectivity index (χ1) is 11.6. The smallest absolute Gasteiger partial charge is 0.333 e. The molecule has 0 N–H and O–H groups in total. The maximum absolute atomic E-state index is 11.8. The molecule has 5 nitrogen and oxygen atoms in total. The van der Waals surface area contributed by atoms with E-state index in [0.29, 0.717) is 25.0 Å². The van der Waals surface area contributed by atoms with Crippen LogP contribution in [-0.4, -0.2) is 16.9 Å². The zero-order valence-corrected chi connectivity index (χ0v) is 14.2. The van der Waals surface area contributed by atoms with Crippen molar-refractivity contribution >= 4 is 18.0 Å². The van der Waals surface area contributed by atoms with E-state index in [1.165, 1.54) is 5.56 Å². The highest BCUT2D eigenvalue weighted by atomic mass is 16.7. The molecule has 0 saturated carbocycles. The van der Waals surface area contributed by atoms with Crippen LogP contribution in [-0.2, 0) is 21.0 Å². The highest BCUT2D eigenvalue weighted by molar-refractivity contribution is 5.82. The fraction of sp³-hybridized carbons (Fsp3) is 0.421. The molecule has 1 saturated heterocycles. The summed E-state index contributed by atoms with van der Waals surface area (Å²) in [6.45, 7) is 6.65. The quantitative estimate of drug-likeness (QED) is 0.544. The molecule has 5 heteroatoms. The first-order valence-electron chi connectivity index (χ1n) is 8.43. The summed E-state index contributed by atoms with van der Waals surface area (Å²) in [6, 6.07) is 4.16. The summed E-state index contributed by atoms with van der Waals surface area (Å²) in [4.78, 5) is 28.3. The Morgan fingerprint density at radius 3 is 2.67 bits per heavy atom. The standard InChI is InChI=1S/C19H25N2O3/c1-3-7-17-11-14-20(15-12-17)13-6-4-5-8-19(23)24-21-16(2)9-10-18(21)22/h3,7,11-12,14-15H,2,4-6,8-10,13H2,1H3/q+1/b7-3+. The van der Waals surface area contributed by atoms with Crippen molar-refractivity contribution in [3.63, 3.8) is 0 Å². The summed E-state index contributed by atoms with van der Waals surface area (Å²) in [6.07, 6.45) is 12.2. The third-order valence-electron chi connectivity index (χ3n) is 3.91. The average Bonchev–Trinajstić information content (AvgIpc) is 2.88. The molecular formula is C19H25N2O3+. The van der Waals surface area contributed by atoms with Gasteiger partial charge in [0.15, 0.2) is 12.4 Å². The summed E-state index contributed by atoms with van der Waals surface area (Å²) in [7, 11) is 0. The number of allylic oxidation sites excluding steroid dienone is 2. The summed E-state index contributed by atoms with van der Waals surface area (Å²) in [5, 5.41) is 1.05. The highest BCUT2D eigenvalue weighted by Gasteiger charge is 2.27. The van der Waals surface area contributed by atoms with Crippen molar-refractivity contribution in [2.75, 3.05) is 0 Å². The zero-order valence-electron chi connectivity index (χ0n) is 14.2. The Morgan fingerprint density at radius 2 is 2.04 bits per heavy atom. The summed E-state index contributed by atoms with van der Waals surface area (Å²) < 4.78 is 2.14. The molecule has 2 heterocycles. The summed E-state index contributed by atoms with van der Waals surface area (Å²) >= 11 is 0.